The Labute approximate surface area is 93.1 Å². The van der Waals surface area contributed by atoms with Gasteiger partial charge < -0.3 is 10.2 Å². The molecule has 1 unspecified atom stereocenters. The van der Waals surface area contributed by atoms with Crippen molar-refractivity contribution in [3.63, 3.8) is 0 Å². The predicted octanol–water partition coefficient (Wildman–Crippen LogP) is 2.38. The molecule has 4 heteroatoms. The van der Waals surface area contributed by atoms with Crippen LogP contribution in [0.4, 0.5) is 0 Å². The zero-order valence-electron chi connectivity index (χ0n) is 8.73. The highest BCUT2D eigenvalue weighted by atomic mass is 32.2. The third-order valence-corrected chi connectivity index (χ3v) is 2.99. The molecule has 1 aromatic rings. The Bertz CT molecular complexity index is 363. The number of hydrogen-bond acceptors (Lipinski definition) is 3. The molecular weight excluding hydrogens is 212 g/mol. The summed E-state index contributed by atoms with van der Waals surface area (Å²) in [7, 11) is 0. The van der Waals surface area contributed by atoms with Crippen LogP contribution in [0.1, 0.15) is 12.5 Å². The number of carboxylic acid groups (broad SMARTS) is 1. The maximum atomic E-state index is 10.6. The van der Waals surface area contributed by atoms with Gasteiger partial charge in [-0.25, -0.2) is 0 Å². The van der Waals surface area contributed by atoms with Crippen LogP contribution in [0.25, 0.3) is 0 Å². The van der Waals surface area contributed by atoms with E-state index in [0.717, 1.165) is 10.5 Å². The molecule has 3 nitrogen and oxygen atoms in total. The summed E-state index contributed by atoms with van der Waals surface area (Å²) in [5, 5.41) is 18.3. The minimum Gasteiger partial charge on any atom is -0.507 e. The lowest BCUT2D eigenvalue weighted by molar-refractivity contribution is -0.141. The molecule has 0 aliphatic heterocycles. The molecule has 1 atom stereocenters. The fourth-order valence-electron chi connectivity index (χ4n) is 1.30. The van der Waals surface area contributed by atoms with Crippen molar-refractivity contribution < 1.29 is 15.0 Å². The zero-order chi connectivity index (χ0) is 11.4. The normalized spacial score (nSPS) is 12.4. The number of phenols is 1. The SMILES string of the molecule is CSc1ccc(CC(C)C(=O)O)cc1O. The number of carboxylic acids is 1. The van der Waals surface area contributed by atoms with Gasteiger partial charge in [-0.2, -0.15) is 0 Å². The van der Waals surface area contributed by atoms with Crippen LogP contribution in [-0.2, 0) is 11.2 Å². The Morgan fingerprint density at radius 1 is 1.53 bits per heavy atom. The second-order valence-electron chi connectivity index (χ2n) is 3.45. The summed E-state index contributed by atoms with van der Waals surface area (Å²) in [6.07, 6.45) is 2.33. The number of phenolic OH excluding ortho intramolecular Hbond substituents is 1. The van der Waals surface area contributed by atoms with Crippen LogP contribution in [-0.4, -0.2) is 22.4 Å². The summed E-state index contributed by atoms with van der Waals surface area (Å²) < 4.78 is 0. The molecule has 1 aromatic carbocycles. The van der Waals surface area contributed by atoms with Crippen LogP contribution in [0.15, 0.2) is 23.1 Å². The molecule has 0 aliphatic carbocycles. The van der Waals surface area contributed by atoms with E-state index >= 15 is 0 Å². The highest BCUT2D eigenvalue weighted by molar-refractivity contribution is 7.98. The Kier molecular flexibility index (Phi) is 4.03. The monoisotopic (exact) mass is 226 g/mol. The number of thioether (sulfide) groups is 1. The largest absolute Gasteiger partial charge is 0.507 e. The van der Waals surface area contributed by atoms with Crippen molar-refractivity contribution in [2.24, 2.45) is 5.92 Å². The van der Waals surface area contributed by atoms with Gasteiger partial charge in [-0.15, -0.1) is 11.8 Å². The Morgan fingerprint density at radius 3 is 2.67 bits per heavy atom. The topological polar surface area (TPSA) is 57.5 Å². The van der Waals surface area contributed by atoms with Crippen molar-refractivity contribution in [1.29, 1.82) is 0 Å². The lowest BCUT2D eigenvalue weighted by atomic mass is 10.0. The number of hydrogen-bond donors (Lipinski definition) is 2. The van der Waals surface area contributed by atoms with E-state index < -0.39 is 11.9 Å². The average Bonchev–Trinajstić information content (AvgIpc) is 2.18. The van der Waals surface area contributed by atoms with Gasteiger partial charge in [0.2, 0.25) is 0 Å². The summed E-state index contributed by atoms with van der Waals surface area (Å²) in [4.78, 5) is 11.5. The van der Waals surface area contributed by atoms with Crippen LogP contribution < -0.4 is 0 Å². The minimum atomic E-state index is -0.816. The molecule has 0 saturated heterocycles. The van der Waals surface area contributed by atoms with E-state index in [-0.39, 0.29) is 5.75 Å². The van der Waals surface area contributed by atoms with Gasteiger partial charge in [0.25, 0.3) is 0 Å². The lowest BCUT2D eigenvalue weighted by Gasteiger charge is -2.08. The first-order valence-corrected chi connectivity index (χ1v) is 5.85. The molecule has 2 N–H and O–H groups in total. The van der Waals surface area contributed by atoms with E-state index in [1.807, 2.05) is 18.4 Å². The van der Waals surface area contributed by atoms with Gasteiger partial charge in [0.15, 0.2) is 0 Å². The van der Waals surface area contributed by atoms with Crippen molar-refractivity contribution in [2.75, 3.05) is 6.26 Å². The maximum Gasteiger partial charge on any atom is 0.306 e. The number of benzene rings is 1. The second kappa shape index (κ2) is 5.07. The summed E-state index contributed by atoms with van der Waals surface area (Å²) in [6, 6.07) is 5.29. The first-order valence-electron chi connectivity index (χ1n) is 4.63. The Balaban J connectivity index is 2.79. The van der Waals surface area contributed by atoms with Crippen molar-refractivity contribution in [3.05, 3.63) is 23.8 Å². The lowest BCUT2D eigenvalue weighted by Crippen LogP contribution is -2.12. The number of aliphatic carboxylic acids is 1. The van der Waals surface area contributed by atoms with E-state index in [1.54, 1.807) is 13.0 Å². The summed E-state index contributed by atoms with van der Waals surface area (Å²) in [6.45, 7) is 1.65. The molecule has 82 valence electrons. The van der Waals surface area contributed by atoms with E-state index in [1.165, 1.54) is 11.8 Å². The van der Waals surface area contributed by atoms with Gasteiger partial charge in [0.05, 0.1) is 5.92 Å². The van der Waals surface area contributed by atoms with Gasteiger partial charge >= 0.3 is 5.97 Å². The number of rotatable bonds is 4. The summed E-state index contributed by atoms with van der Waals surface area (Å²) >= 11 is 1.46. The van der Waals surface area contributed by atoms with Crippen LogP contribution >= 0.6 is 11.8 Å². The zero-order valence-corrected chi connectivity index (χ0v) is 9.54. The van der Waals surface area contributed by atoms with Gasteiger partial charge in [0, 0.05) is 4.90 Å². The molecule has 0 aromatic heterocycles. The highest BCUT2D eigenvalue weighted by Gasteiger charge is 2.12. The molecule has 0 amide bonds. The van der Waals surface area contributed by atoms with Crippen molar-refractivity contribution in [1.82, 2.24) is 0 Å². The molecular formula is C11H14O3S. The van der Waals surface area contributed by atoms with Crippen LogP contribution in [0.3, 0.4) is 0 Å². The maximum absolute atomic E-state index is 10.6. The molecule has 0 radical (unpaired) electrons. The molecule has 0 aliphatic rings. The summed E-state index contributed by atoms with van der Waals surface area (Å²) in [5.41, 5.74) is 0.847. The second-order valence-corrected chi connectivity index (χ2v) is 4.30. The van der Waals surface area contributed by atoms with Gasteiger partial charge in [-0.3, -0.25) is 4.79 Å². The third-order valence-electron chi connectivity index (χ3n) is 2.21. The van der Waals surface area contributed by atoms with E-state index in [0.29, 0.717) is 6.42 Å². The van der Waals surface area contributed by atoms with Gasteiger partial charge in [-0.1, -0.05) is 13.0 Å². The average molecular weight is 226 g/mol. The number of aromatic hydroxyl groups is 1. The smallest absolute Gasteiger partial charge is 0.306 e. The molecule has 0 heterocycles. The third kappa shape index (κ3) is 3.16. The molecule has 15 heavy (non-hydrogen) atoms. The Hall–Kier alpha value is -1.16. The van der Waals surface area contributed by atoms with Crippen LogP contribution in [0.2, 0.25) is 0 Å². The molecule has 0 fully saturated rings. The summed E-state index contributed by atoms with van der Waals surface area (Å²) in [5.74, 6) is -1.02. The predicted molar refractivity (Wildman–Crippen MR) is 60.4 cm³/mol. The van der Waals surface area contributed by atoms with Crippen LogP contribution in [0, 0.1) is 5.92 Å². The standard InChI is InChI=1S/C11H14O3S/c1-7(11(13)14)5-8-3-4-10(15-2)9(12)6-8/h3-4,6-7,12H,5H2,1-2H3,(H,13,14). The first kappa shape index (κ1) is 11.9. The quantitative estimate of drug-likeness (QED) is 0.774. The van der Waals surface area contributed by atoms with Crippen molar-refractivity contribution >= 4 is 17.7 Å². The van der Waals surface area contributed by atoms with E-state index in [4.69, 9.17) is 5.11 Å². The molecule has 0 spiro atoms. The van der Waals surface area contributed by atoms with E-state index in [2.05, 4.69) is 0 Å². The first-order chi connectivity index (χ1) is 7.04. The molecule has 0 saturated carbocycles. The molecule has 1 rings (SSSR count). The van der Waals surface area contributed by atoms with Crippen LogP contribution in [0.5, 0.6) is 5.75 Å². The fraction of sp³-hybridized carbons (Fsp3) is 0.364. The number of carbonyl (C=O) groups is 1. The minimum absolute atomic E-state index is 0.220. The Morgan fingerprint density at radius 2 is 2.20 bits per heavy atom. The van der Waals surface area contributed by atoms with Gasteiger partial charge in [0.1, 0.15) is 5.75 Å². The van der Waals surface area contributed by atoms with E-state index in [9.17, 15) is 9.90 Å². The van der Waals surface area contributed by atoms with Crippen molar-refractivity contribution in [3.8, 4) is 5.75 Å². The fourth-order valence-corrected chi connectivity index (χ4v) is 1.78. The van der Waals surface area contributed by atoms with Gasteiger partial charge in [-0.05, 0) is 30.4 Å². The molecule has 0 bridgehead atoms. The van der Waals surface area contributed by atoms with Crippen molar-refractivity contribution in [2.45, 2.75) is 18.2 Å². The highest BCUT2D eigenvalue weighted by Crippen LogP contribution is 2.27.